The number of anilines is 1. The van der Waals surface area contributed by atoms with Gasteiger partial charge in [0, 0.05) is 12.1 Å². The molecule has 10 nitrogen and oxygen atoms in total. The molecule has 0 unspecified atom stereocenters. The van der Waals surface area contributed by atoms with E-state index in [0.717, 1.165) is 21.6 Å². The third-order valence-corrected chi connectivity index (χ3v) is 8.95. The third kappa shape index (κ3) is 6.18. The van der Waals surface area contributed by atoms with E-state index in [2.05, 4.69) is 0 Å². The number of imide groups is 1. The number of carbonyl (C=O) groups is 2. The summed E-state index contributed by atoms with van der Waals surface area (Å²) in [6, 6.07) is 18.8. The molecule has 6 rings (SSSR count). The van der Waals surface area contributed by atoms with Gasteiger partial charge in [0.15, 0.2) is 11.6 Å². The number of phenols is 1. The van der Waals surface area contributed by atoms with E-state index in [0.29, 0.717) is 24.2 Å². The number of fused-ring (bicyclic) bond motifs is 3. The summed E-state index contributed by atoms with van der Waals surface area (Å²) in [6.07, 6.45) is 2.51. The summed E-state index contributed by atoms with van der Waals surface area (Å²) in [4.78, 5) is 39.8. The predicted octanol–water partition coefficient (Wildman–Crippen LogP) is 5.70. The van der Waals surface area contributed by atoms with Crippen molar-refractivity contribution in [3.63, 3.8) is 0 Å². The number of halogens is 1. The molecule has 3 aliphatic rings. The van der Waals surface area contributed by atoms with Gasteiger partial charge in [-0.3, -0.25) is 19.7 Å². The van der Waals surface area contributed by atoms with Crippen molar-refractivity contribution in [2.75, 3.05) is 11.5 Å². The monoisotopic (exact) mass is 626 g/mol. The fourth-order valence-electron chi connectivity index (χ4n) is 6.91. The number of amides is 2. The van der Waals surface area contributed by atoms with E-state index in [1.807, 2.05) is 37.3 Å². The number of ether oxygens (including phenoxy) is 1. The number of nitro benzene ring substituents is 1. The zero-order valence-corrected chi connectivity index (χ0v) is 25.0. The summed E-state index contributed by atoms with van der Waals surface area (Å²) in [5, 5.41) is 31.8. The lowest BCUT2D eigenvalue weighted by atomic mass is 9.58. The van der Waals surface area contributed by atoms with Crippen LogP contribution in [0.15, 0.2) is 89.5 Å². The lowest BCUT2D eigenvalue weighted by Gasteiger charge is -2.43. The number of nitrogens with zero attached hydrogens (tertiary/aromatic N) is 2. The molecule has 0 aromatic heterocycles. The van der Waals surface area contributed by atoms with Crippen LogP contribution in [0.25, 0.3) is 6.08 Å². The number of benzene rings is 3. The molecule has 0 radical (unpaired) electrons. The number of hydrogen-bond donors (Lipinski definition) is 2. The van der Waals surface area contributed by atoms with Crippen LogP contribution in [0.1, 0.15) is 31.7 Å². The molecule has 0 spiro atoms. The molecule has 2 fully saturated rings. The second-order valence-corrected chi connectivity index (χ2v) is 11.9. The highest BCUT2D eigenvalue weighted by Crippen LogP contribution is 2.51. The smallest absolute Gasteiger partial charge is 0.455 e. The Kier molecular flexibility index (Phi) is 8.74. The Hall–Kier alpha value is -4.81. The lowest BCUT2D eigenvalue weighted by Crippen LogP contribution is -2.46. The highest BCUT2D eigenvalue weighted by molar-refractivity contribution is 6.43. The van der Waals surface area contributed by atoms with Gasteiger partial charge in [-0.25, -0.2) is 9.29 Å². The molecular formula is C34H32BFN2O8. The number of nitro groups is 1. The quantitative estimate of drug-likeness (QED) is 0.101. The fourth-order valence-corrected chi connectivity index (χ4v) is 6.91. The van der Waals surface area contributed by atoms with E-state index in [4.69, 9.17) is 9.39 Å². The maximum absolute atomic E-state index is 14.0. The van der Waals surface area contributed by atoms with Gasteiger partial charge in [-0.2, -0.15) is 0 Å². The molecule has 3 aromatic rings. The van der Waals surface area contributed by atoms with Gasteiger partial charge in [0.05, 0.1) is 28.6 Å². The van der Waals surface area contributed by atoms with Crippen molar-refractivity contribution in [2.45, 2.75) is 38.6 Å². The molecule has 3 aromatic carbocycles. The Balaban J connectivity index is 1.32. The summed E-state index contributed by atoms with van der Waals surface area (Å²) in [6.45, 7) is 2.04. The first-order valence-corrected chi connectivity index (χ1v) is 15.1. The molecule has 236 valence electrons. The van der Waals surface area contributed by atoms with Crippen molar-refractivity contribution in [1.29, 1.82) is 0 Å². The zero-order valence-electron chi connectivity index (χ0n) is 25.0. The van der Waals surface area contributed by atoms with Crippen LogP contribution in [0.2, 0.25) is 6.32 Å². The molecule has 2 heterocycles. The maximum atomic E-state index is 14.0. The Morgan fingerprint density at radius 3 is 2.63 bits per heavy atom. The van der Waals surface area contributed by atoms with Crippen molar-refractivity contribution in [3.05, 3.63) is 111 Å². The topological polar surface area (TPSA) is 139 Å². The Labute approximate surface area is 265 Å². The zero-order chi connectivity index (χ0) is 32.5. The molecule has 2 N–H and O–H groups in total. The highest BCUT2D eigenvalue weighted by atomic mass is 19.1. The van der Waals surface area contributed by atoms with Crippen LogP contribution >= 0.6 is 0 Å². The van der Waals surface area contributed by atoms with Crippen LogP contribution in [0.3, 0.4) is 0 Å². The summed E-state index contributed by atoms with van der Waals surface area (Å²) in [5.41, 5.74) is 3.04. The van der Waals surface area contributed by atoms with E-state index in [1.54, 1.807) is 12.1 Å². The normalized spacial score (nSPS) is 23.0. The Morgan fingerprint density at radius 2 is 1.89 bits per heavy atom. The van der Waals surface area contributed by atoms with Crippen molar-refractivity contribution in [3.8, 4) is 11.5 Å². The van der Waals surface area contributed by atoms with Gasteiger partial charge < -0.3 is 19.5 Å². The van der Waals surface area contributed by atoms with Gasteiger partial charge in [-0.05, 0) is 85.5 Å². The molecule has 46 heavy (non-hydrogen) atoms. The van der Waals surface area contributed by atoms with Crippen LogP contribution in [-0.4, -0.2) is 46.7 Å². The minimum Gasteiger partial charge on any atom is -0.505 e. The van der Waals surface area contributed by atoms with Crippen LogP contribution in [0, 0.1) is 33.7 Å². The van der Waals surface area contributed by atoms with Crippen LogP contribution < -0.4 is 9.64 Å². The van der Waals surface area contributed by atoms with Gasteiger partial charge in [0.1, 0.15) is 12.4 Å². The minimum absolute atomic E-state index is 0.102. The number of aromatic hydroxyl groups is 1. The van der Waals surface area contributed by atoms with Crippen LogP contribution in [0.5, 0.6) is 11.5 Å². The lowest BCUT2D eigenvalue weighted by molar-refractivity contribution is -0.384. The molecular weight excluding hydrogens is 594 g/mol. The molecule has 1 aliphatic carbocycles. The minimum atomic E-state index is -1.18. The Morgan fingerprint density at radius 1 is 1.11 bits per heavy atom. The van der Waals surface area contributed by atoms with E-state index >= 15 is 0 Å². The molecule has 0 saturated carbocycles. The largest absolute Gasteiger partial charge is 0.505 e. The summed E-state index contributed by atoms with van der Waals surface area (Å²) >= 11 is 0. The number of rotatable bonds is 9. The first-order valence-electron chi connectivity index (χ1n) is 15.1. The van der Waals surface area contributed by atoms with E-state index in [-0.39, 0.29) is 30.7 Å². The maximum Gasteiger partial charge on any atom is 0.455 e. The van der Waals surface area contributed by atoms with E-state index in [9.17, 15) is 34.2 Å². The molecule has 0 bridgehead atoms. The predicted molar refractivity (Wildman–Crippen MR) is 168 cm³/mol. The first-order chi connectivity index (χ1) is 22.1. The summed E-state index contributed by atoms with van der Waals surface area (Å²) in [5.74, 6) is -3.44. The van der Waals surface area contributed by atoms with Gasteiger partial charge in [0.25, 0.3) is 5.69 Å². The highest BCUT2D eigenvalue weighted by Gasteiger charge is 2.57. The first kappa shape index (κ1) is 31.2. The average molecular weight is 626 g/mol. The van der Waals surface area contributed by atoms with Crippen molar-refractivity contribution in [1.82, 2.24) is 0 Å². The third-order valence-electron chi connectivity index (χ3n) is 8.95. The van der Waals surface area contributed by atoms with Gasteiger partial charge in [0.2, 0.25) is 11.8 Å². The van der Waals surface area contributed by atoms with Gasteiger partial charge in [-0.1, -0.05) is 42.0 Å². The number of allylic oxidation sites excluding steroid dienone is 1. The Bertz CT molecular complexity index is 1750. The van der Waals surface area contributed by atoms with Crippen molar-refractivity contribution < 1.29 is 38.4 Å². The summed E-state index contributed by atoms with van der Waals surface area (Å²) < 4.78 is 26.1. The van der Waals surface area contributed by atoms with Crippen molar-refractivity contribution >= 4 is 36.4 Å². The fraction of sp³-hybridized carbons (Fsp3) is 0.294. The number of hydrogen-bond acceptors (Lipinski definition) is 8. The summed E-state index contributed by atoms with van der Waals surface area (Å²) in [7, 11) is -1.18. The van der Waals surface area contributed by atoms with Gasteiger partial charge >= 0.3 is 7.12 Å². The number of carbonyl (C=O) groups excluding carboxylic acids is 2. The molecule has 12 heteroatoms. The SMILES string of the molecule is C/C(=C\c1ccc(O)c(F)c1)CC[C@H]1OB(O)C[C@H]2C1=C(COc1ccccc1)C[C@H]1C(=O)N(c3cccc([N+](=O)[O-])c3)C(=O)[C@H]12. The molecule has 2 amide bonds. The number of non-ortho nitro benzene ring substituents is 1. The van der Waals surface area contributed by atoms with Crippen LogP contribution in [0.4, 0.5) is 15.8 Å². The standard InChI is InChI=1S/C34H32BFN2O8/c1-20(14-21-11-12-29(39)28(36)15-21)10-13-30-31-22(19-45-25-8-3-2-4-9-25)16-26-32(27(31)18-35(42)46-30)34(41)37(33(26)40)23-6-5-7-24(17-23)38(43)44/h2-9,11-12,14-15,17,26-27,30,32,39,42H,10,13,16,18-19H2,1H3/b20-14+/t26-,27+,30-,32-/m1/s1. The average Bonchev–Trinajstić information content (AvgIpc) is 3.29. The number of para-hydroxylation sites is 1. The number of phenolic OH excluding ortho intramolecular Hbond substituents is 1. The second kappa shape index (κ2) is 12.9. The van der Waals surface area contributed by atoms with Gasteiger partial charge in [-0.15, -0.1) is 0 Å². The van der Waals surface area contributed by atoms with Crippen LogP contribution in [-0.2, 0) is 14.2 Å². The molecule has 2 saturated heterocycles. The van der Waals surface area contributed by atoms with E-state index < -0.39 is 59.3 Å². The molecule has 2 aliphatic heterocycles. The second-order valence-electron chi connectivity index (χ2n) is 11.9. The van der Waals surface area contributed by atoms with Crippen molar-refractivity contribution in [2.24, 2.45) is 17.8 Å². The van der Waals surface area contributed by atoms with E-state index in [1.165, 1.54) is 36.4 Å². The molecule has 4 atom stereocenters.